The van der Waals surface area contributed by atoms with Crippen LogP contribution in [-0.4, -0.2) is 11.5 Å². The maximum atomic E-state index is 6.04. The van der Waals surface area contributed by atoms with Crippen molar-refractivity contribution >= 4 is 17.3 Å². The fourth-order valence-corrected chi connectivity index (χ4v) is 2.26. The van der Waals surface area contributed by atoms with Gasteiger partial charge in [0.2, 0.25) is 0 Å². The van der Waals surface area contributed by atoms with Crippen LogP contribution < -0.4 is 22.9 Å². The summed E-state index contributed by atoms with van der Waals surface area (Å²) < 4.78 is 0. The summed E-state index contributed by atoms with van der Waals surface area (Å²) in [6.07, 6.45) is 0.775. The van der Waals surface area contributed by atoms with E-state index in [9.17, 15) is 0 Å². The van der Waals surface area contributed by atoms with Gasteiger partial charge in [-0.25, -0.2) is 4.98 Å². The Kier molecular flexibility index (Phi) is 3.87. The normalized spacial score (nSPS) is 12.3. The second-order valence-corrected chi connectivity index (χ2v) is 4.48. The van der Waals surface area contributed by atoms with E-state index in [1.165, 1.54) is 0 Å². The Morgan fingerprint density at radius 2 is 1.74 bits per heavy atom. The van der Waals surface area contributed by atoms with Gasteiger partial charge in [-0.1, -0.05) is 30.3 Å². The third kappa shape index (κ3) is 2.77. The number of benzene rings is 1. The Morgan fingerprint density at radius 3 is 2.37 bits per heavy atom. The molecule has 0 amide bonds. The van der Waals surface area contributed by atoms with Gasteiger partial charge in [0.05, 0.1) is 5.69 Å². The van der Waals surface area contributed by atoms with E-state index >= 15 is 0 Å². The van der Waals surface area contributed by atoms with Crippen molar-refractivity contribution in [2.45, 2.75) is 12.3 Å². The molecule has 0 spiro atoms. The third-order valence-corrected chi connectivity index (χ3v) is 3.17. The van der Waals surface area contributed by atoms with E-state index in [-0.39, 0.29) is 11.7 Å². The van der Waals surface area contributed by atoms with Gasteiger partial charge >= 0.3 is 0 Å². The van der Waals surface area contributed by atoms with Crippen LogP contribution in [-0.2, 0) is 0 Å². The molecule has 0 bridgehead atoms. The zero-order valence-corrected chi connectivity index (χ0v) is 10.7. The lowest BCUT2D eigenvalue weighted by Gasteiger charge is -2.20. The molecule has 2 rings (SSSR count). The molecule has 1 aromatic heterocycles. The summed E-state index contributed by atoms with van der Waals surface area (Å²) in [6, 6.07) is 11.8. The van der Waals surface area contributed by atoms with Crippen molar-refractivity contribution in [3.05, 3.63) is 47.5 Å². The van der Waals surface area contributed by atoms with Gasteiger partial charge < -0.3 is 22.9 Å². The number of anilines is 3. The van der Waals surface area contributed by atoms with Gasteiger partial charge in [0.15, 0.2) is 0 Å². The van der Waals surface area contributed by atoms with Crippen LogP contribution in [0.4, 0.5) is 17.3 Å². The monoisotopic (exact) mass is 257 g/mol. The SMILES string of the molecule is NCCC(c1ccccc1)c1cc(N)nc(N)c1N. The Balaban J connectivity index is 2.51. The molecule has 0 saturated heterocycles. The molecule has 0 aliphatic carbocycles. The molecule has 2 aromatic rings. The molecule has 1 unspecified atom stereocenters. The molecule has 0 radical (unpaired) electrons. The number of hydrogen-bond acceptors (Lipinski definition) is 5. The first kappa shape index (κ1) is 13.2. The molecular weight excluding hydrogens is 238 g/mol. The van der Waals surface area contributed by atoms with Crippen molar-refractivity contribution in [3.8, 4) is 0 Å². The molecule has 19 heavy (non-hydrogen) atoms. The summed E-state index contributed by atoms with van der Waals surface area (Å²) in [5.41, 5.74) is 25.8. The Bertz CT molecular complexity index is 553. The number of nitrogen functional groups attached to an aromatic ring is 3. The molecule has 5 nitrogen and oxygen atoms in total. The van der Waals surface area contributed by atoms with Gasteiger partial charge in [-0.2, -0.15) is 0 Å². The van der Waals surface area contributed by atoms with E-state index in [1.807, 2.05) is 30.3 Å². The molecule has 1 aromatic carbocycles. The van der Waals surface area contributed by atoms with Crippen molar-refractivity contribution in [2.75, 3.05) is 23.7 Å². The molecule has 1 heterocycles. The predicted molar refractivity (Wildman–Crippen MR) is 79.4 cm³/mol. The molecular formula is C14H19N5. The maximum Gasteiger partial charge on any atom is 0.149 e. The smallest absolute Gasteiger partial charge is 0.149 e. The van der Waals surface area contributed by atoms with Crippen molar-refractivity contribution in [3.63, 3.8) is 0 Å². The van der Waals surface area contributed by atoms with E-state index in [0.29, 0.717) is 18.1 Å². The molecule has 8 N–H and O–H groups in total. The van der Waals surface area contributed by atoms with Crippen molar-refractivity contribution in [1.82, 2.24) is 4.98 Å². The number of rotatable bonds is 4. The first-order valence-corrected chi connectivity index (χ1v) is 6.20. The molecule has 0 saturated carbocycles. The van der Waals surface area contributed by atoms with E-state index < -0.39 is 0 Å². The van der Waals surface area contributed by atoms with Gasteiger partial charge in [-0.3, -0.25) is 0 Å². The molecule has 0 aliphatic heterocycles. The number of pyridine rings is 1. The van der Waals surface area contributed by atoms with E-state index in [2.05, 4.69) is 4.98 Å². The van der Waals surface area contributed by atoms with Crippen molar-refractivity contribution in [2.24, 2.45) is 5.73 Å². The van der Waals surface area contributed by atoms with Gasteiger partial charge in [0.1, 0.15) is 11.6 Å². The van der Waals surface area contributed by atoms with E-state index in [4.69, 9.17) is 22.9 Å². The summed E-state index contributed by atoms with van der Waals surface area (Å²) >= 11 is 0. The van der Waals surface area contributed by atoms with Gasteiger partial charge in [-0.05, 0) is 30.2 Å². The fraction of sp³-hybridized carbons (Fsp3) is 0.214. The zero-order chi connectivity index (χ0) is 13.8. The van der Waals surface area contributed by atoms with Crippen molar-refractivity contribution < 1.29 is 0 Å². The van der Waals surface area contributed by atoms with Gasteiger partial charge in [0, 0.05) is 5.92 Å². The zero-order valence-electron chi connectivity index (χ0n) is 10.7. The van der Waals surface area contributed by atoms with Gasteiger partial charge in [0.25, 0.3) is 0 Å². The first-order chi connectivity index (χ1) is 9.13. The van der Waals surface area contributed by atoms with Gasteiger partial charge in [-0.15, -0.1) is 0 Å². The second-order valence-electron chi connectivity index (χ2n) is 4.48. The summed E-state index contributed by atoms with van der Waals surface area (Å²) in [6.45, 7) is 0.557. The Labute approximate surface area is 112 Å². The Morgan fingerprint density at radius 1 is 1.05 bits per heavy atom. The van der Waals surface area contributed by atoms with Crippen LogP contribution in [0.5, 0.6) is 0 Å². The third-order valence-electron chi connectivity index (χ3n) is 3.17. The largest absolute Gasteiger partial charge is 0.396 e. The van der Waals surface area contributed by atoms with Crippen LogP contribution >= 0.6 is 0 Å². The maximum absolute atomic E-state index is 6.04. The lowest BCUT2D eigenvalue weighted by molar-refractivity contribution is 0.727. The van der Waals surface area contributed by atoms with Crippen LogP contribution in [0.1, 0.15) is 23.5 Å². The van der Waals surface area contributed by atoms with Crippen molar-refractivity contribution in [1.29, 1.82) is 0 Å². The molecule has 0 fully saturated rings. The summed E-state index contributed by atoms with van der Waals surface area (Å²) in [5, 5.41) is 0. The average molecular weight is 257 g/mol. The lowest BCUT2D eigenvalue weighted by Crippen LogP contribution is -2.13. The molecule has 5 heteroatoms. The average Bonchev–Trinajstić information content (AvgIpc) is 2.41. The highest BCUT2D eigenvalue weighted by Gasteiger charge is 2.18. The highest BCUT2D eigenvalue weighted by atomic mass is 14.9. The van der Waals surface area contributed by atoms with Crippen LogP contribution in [0, 0.1) is 0 Å². The number of nitrogens with two attached hydrogens (primary N) is 4. The number of aromatic nitrogens is 1. The van der Waals surface area contributed by atoms with E-state index in [0.717, 1.165) is 17.5 Å². The minimum absolute atomic E-state index is 0.0822. The molecule has 100 valence electrons. The van der Waals surface area contributed by atoms with Crippen LogP contribution in [0.3, 0.4) is 0 Å². The fourth-order valence-electron chi connectivity index (χ4n) is 2.26. The number of hydrogen-bond donors (Lipinski definition) is 4. The first-order valence-electron chi connectivity index (χ1n) is 6.20. The topological polar surface area (TPSA) is 117 Å². The summed E-state index contributed by atoms with van der Waals surface area (Å²) in [4.78, 5) is 3.97. The minimum atomic E-state index is 0.0822. The quantitative estimate of drug-likeness (QED) is 0.658. The highest BCUT2D eigenvalue weighted by Crippen LogP contribution is 2.34. The number of nitrogens with zero attached hydrogens (tertiary/aromatic N) is 1. The summed E-state index contributed by atoms with van der Waals surface area (Å²) in [5.74, 6) is 0.728. The minimum Gasteiger partial charge on any atom is -0.396 e. The lowest BCUT2D eigenvalue weighted by atomic mass is 9.88. The molecule has 0 aliphatic rings. The van der Waals surface area contributed by atoms with Crippen LogP contribution in [0.15, 0.2) is 36.4 Å². The second kappa shape index (κ2) is 5.58. The molecule has 1 atom stereocenters. The van der Waals surface area contributed by atoms with E-state index in [1.54, 1.807) is 6.07 Å². The van der Waals surface area contributed by atoms with Crippen LogP contribution in [0.2, 0.25) is 0 Å². The van der Waals surface area contributed by atoms with Crippen LogP contribution in [0.25, 0.3) is 0 Å². The standard InChI is InChI=1S/C14H19N5/c15-7-6-10(9-4-2-1-3-5-9)11-8-12(16)19-14(18)13(11)17/h1-5,8,10H,6-7,15,17H2,(H4,16,18,19). The Hall–Kier alpha value is -2.27. The predicted octanol–water partition coefficient (Wildman–Crippen LogP) is 1.31. The highest BCUT2D eigenvalue weighted by molar-refractivity contribution is 5.68. The summed E-state index contributed by atoms with van der Waals surface area (Å²) in [7, 11) is 0.